The molecule has 2 aromatic carbocycles. The second-order valence-corrected chi connectivity index (χ2v) is 9.57. The first-order valence-corrected chi connectivity index (χ1v) is 12.1. The van der Waals surface area contributed by atoms with Crippen molar-refractivity contribution in [3.8, 4) is 0 Å². The Bertz CT molecular complexity index is 929. The maximum Gasteiger partial charge on any atom is 0.253 e. The van der Waals surface area contributed by atoms with Crippen LogP contribution in [-0.4, -0.2) is 47.8 Å². The summed E-state index contributed by atoms with van der Waals surface area (Å²) in [4.78, 5) is 29.5. The van der Waals surface area contributed by atoms with Crippen LogP contribution in [0.25, 0.3) is 0 Å². The number of piperidine rings is 2. The molecular weight excluding hydrogens is 417 g/mol. The van der Waals surface area contributed by atoms with Crippen molar-refractivity contribution in [3.05, 3.63) is 71.0 Å². The number of benzene rings is 2. The van der Waals surface area contributed by atoms with E-state index in [1.54, 1.807) is 4.90 Å². The molecule has 0 aromatic heterocycles. The SMILES string of the molecule is CC1CCN(Cc2ccc(CNC(=O)C3CCN(C(=O)c4ccc(F)cc4)CC3)cc2)CC1. The minimum absolute atomic E-state index is 0.0513. The number of hydrogen-bond acceptors (Lipinski definition) is 3. The lowest BCUT2D eigenvalue weighted by Gasteiger charge is -2.31. The van der Waals surface area contributed by atoms with Crippen LogP contribution in [0, 0.1) is 17.7 Å². The van der Waals surface area contributed by atoms with E-state index in [0.717, 1.165) is 18.0 Å². The van der Waals surface area contributed by atoms with Gasteiger partial charge in [0.25, 0.3) is 5.91 Å². The Labute approximate surface area is 196 Å². The highest BCUT2D eigenvalue weighted by Gasteiger charge is 2.27. The number of halogens is 1. The molecule has 33 heavy (non-hydrogen) atoms. The van der Waals surface area contributed by atoms with Crippen molar-refractivity contribution in [2.75, 3.05) is 26.2 Å². The summed E-state index contributed by atoms with van der Waals surface area (Å²) in [5, 5.41) is 3.06. The molecule has 0 saturated carbocycles. The van der Waals surface area contributed by atoms with E-state index in [0.29, 0.717) is 38.0 Å². The van der Waals surface area contributed by atoms with Gasteiger partial charge in [0, 0.05) is 37.7 Å². The highest BCUT2D eigenvalue weighted by Crippen LogP contribution is 2.21. The van der Waals surface area contributed by atoms with Crippen molar-refractivity contribution in [1.82, 2.24) is 15.1 Å². The minimum Gasteiger partial charge on any atom is -0.352 e. The molecule has 0 atom stereocenters. The minimum atomic E-state index is -0.353. The average Bonchev–Trinajstić information content (AvgIpc) is 2.85. The molecule has 1 N–H and O–H groups in total. The van der Waals surface area contributed by atoms with Crippen LogP contribution in [0.15, 0.2) is 48.5 Å². The number of hydrogen-bond donors (Lipinski definition) is 1. The van der Waals surface area contributed by atoms with Gasteiger partial charge in [-0.3, -0.25) is 14.5 Å². The number of nitrogens with one attached hydrogen (secondary N) is 1. The Hall–Kier alpha value is -2.73. The lowest BCUT2D eigenvalue weighted by Crippen LogP contribution is -2.42. The Morgan fingerprint density at radius 3 is 2.12 bits per heavy atom. The summed E-state index contributed by atoms with van der Waals surface area (Å²) in [6, 6.07) is 14.2. The largest absolute Gasteiger partial charge is 0.352 e. The first-order chi connectivity index (χ1) is 16.0. The quantitative estimate of drug-likeness (QED) is 0.715. The van der Waals surface area contributed by atoms with Gasteiger partial charge in [-0.25, -0.2) is 4.39 Å². The molecule has 2 aliphatic heterocycles. The molecule has 176 valence electrons. The van der Waals surface area contributed by atoms with Gasteiger partial charge >= 0.3 is 0 Å². The van der Waals surface area contributed by atoms with E-state index in [4.69, 9.17) is 0 Å². The van der Waals surface area contributed by atoms with Gasteiger partial charge in [-0.2, -0.15) is 0 Å². The van der Waals surface area contributed by atoms with E-state index in [9.17, 15) is 14.0 Å². The molecular formula is C27H34FN3O2. The summed E-state index contributed by atoms with van der Waals surface area (Å²) in [5.41, 5.74) is 2.90. The molecule has 0 bridgehead atoms. The Balaban J connectivity index is 1.19. The normalized spacial score (nSPS) is 18.3. The molecule has 0 unspecified atom stereocenters. The zero-order valence-electron chi connectivity index (χ0n) is 19.4. The van der Waals surface area contributed by atoms with Crippen LogP contribution in [0.1, 0.15) is 54.1 Å². The fourth-order valence-electron chi connectivity index (χ4n) is 4.69. The van der Waals surface area contributed by atoms with Crippen molar-refractivity contribution in [2.24, 2.45) is 11.8 Å². The van der Waals surface area contributed by atoms with Crippen molar-refractivity contribution >= 4 is 11.8 Å². The van der Waals surface area contributed by atoms with Crippen LogP contribution in [0.5, 0.6) is 0 Å². The standard InChI is InChI=1S/C27H34FN3O2/c1-20-10-14-30(15-11-20)19-22-4-2-21(3-5-22)18-29-26(32)23-12-16-31(17-13-23)27(33)24-6-8-25(28)9-7-24/h2-9,20,23H,10-19H2,1H3,(H,29,32). The van der Waals surface area contributed by atoms with Crippen LogP contribution in [-0.2, 0) is 17.9 Å². The van der Waals surface area contributed by atoms with Gasteiger partial charge in [0.15, 0.2) is 0 Å². The van der Waals surface area contributed by atoms with E-state index in [-0.39, 0.29) is 23.5 Å². The molecule has 0 spiro atoms. The molecule has 0 aliphatic carbocycles. The van der Waals surface area contributed by atoms with Crippen LogP contribution < -0.4 is 5.32 Å². The predicted octanol–water partition coefficient (Wildman–Crippen LogP) is 4.23. The van der Waals surface area contributed by atoms with Gasteiger partial charge in [-0.05, 0) is 80.1 Å². The maximum absolute atomic E-state index is 13.1. The monoisotopic (exact) mass is 451 g/mol. The average molecular weight is 452 g/mol. The zero-order valence-corrected chi connectivity index (χ0v) is 19.4. The lowest BCUT2D eigenvalue weighted by molar-refractivity contribution is -0.126. The molecule has 6 heteroatoms. The molecule has 2 fully saturated rings. The van der Waals surface area contributed by atoms with Crippen molar-refractivity contribution in [1.29, 1.82) is 0 Å². The summed E-state index contributed by atoms with van der Waals surface area (Å²) in [6.45, 7) is 7.28. The zero-order chi connectivity index (χ0) is 23.2. The van der Waals surface area contributed by atoms with Gasteiger partial charge in [0.2, 0.25) is 5.91 Å². The third-order valence-electron chi connectivity index (χ3n) is 7.02. The summed E-state index contributed by atoms with van der Waals surface area (Å²) < 4.78 is 13.1. The Morgan fingerprint density at radius 1 is 0.879 bits per heavy atom. The Kier molecular flexibility index (Phi) is 7.76. The maximum atomic E-state index is 13.1. The molecule has 0 radical (unpaired) electrons. The lowest BCUT2D eigenvalue weighted by atomic mass is 9.95. The van der Waals surface area contributed by atoms with E-state index >= 15 is 0 Å². The highest BCUT2D eigenvalue weighted by molar-refractivity contribution is 5.94. The number of carbonyl (C=O) groups is 2. The van der Waals surface area contributed by atoms with E-state index in [2.05, 4.69) is 41.4 Å². The molecule has 5 nitrogen and oxygen atoms in total. The van der Waals surface area contributed by atoms with Crippen LogP contribution in [0.2, 0.25) is 0 Å². The van der Waals surface area contributed by atoms with Gasteiger partial charge in [0.05, 0.1) is 0 Å². The highest BCUT2D eigenvalue weighted by atomic mass is 19.1. The van der Waals surface area contributed by atoms with Crippen molar-refractivity contribution < 1.29 is 14.0 Å². The molecule has 2 aromatic rings. The van der Waals surface area contributed by atoms with Crippen molar-refractivity contribution in [3.63, 3.8) is 0 Å². The summed E-state index contributed by atoms with van der Waals surface area (Å²) in [5.74, 6) is 0.356. The second-order valence-electron chi connectivity index (χ2n) is 9.57. The molecule has 2 heterocycles. The predicted molar refractivity (Wildman–Crippen MR) is 127 cm³/mol. The summed E-state index contributed by atoms with van der Waals surface area (Å²) in [7, 11) is 0. The van der Waals surface area contributed by atoms with E-state index in [1.807, 2.05) is 0 Å². The topological polar surface area (TPSA) is 52.7 Å². The van der Waals surface area contributed by atoms with Gasteiger partial charge in [-0.15, -0.1) is 0 Å². The van der Waals surface area contributed by atoms with Gasteiger partial charge < -0.3 is 10.2 Å². The van der Waals surface area contributed by atoms with Crippen LogP contribution in [0.4, 0.5) is 4.39 Å². The molecule has 2 saturated heterocycles. The smallest absolute Gasteiger partial charge is 0.253 e. The fraction of sp³-hybridized carbons (Fsp3) is 0.481. The Morgan fingerprint density at radius 2 is 1.48 bits per heavy atom. The third-order valence-corrected chi connectivity index (χ3v) is 7.02. The van der Waals surface area contributed by atoms with Gasteiger partial charge in [0.1, 0.15) is 5.82 Å². The first-order valence-electron chi connectivity index (χ1n) is 12.1. The summed E-state index contributed by atoms with van der Waals surface area (Å²) >= 11 is 0. The number of carbonyl (C=O) groups excluding carboxylic acids is 2. The van der Waals surface area contributed by atoms with E-state index in [1.165, 1.54) is 55.8 Å². The molecule has 2 amide bonds. The fourth-order valence-corrected chi connectivity index (χ4v) is 4.69. The number of amides is 2. The van der Waals surface area contributed by atoms with Crippen LogP contribution >= 0.6 is 0 Å². The molecule has 2 aliphatic rings. The molecule has 4 rings (SSSR count). The number of nitrogens with zero attached hydrogens (tertiary/aromatic N) is 2. The summed E-state index contributed by atoms with van der Waals surface area (Å²) in [6.07, 6.45) is 3.85. The van der Waals surface area contributed by atoms with Crippen LogP contribution in [0.3, 0.4) is 0 Å². The van der Waals surface area contributed by atoms with Gasteiger partial charge in [-0.1, -0.05) is 31.2 Å². The third kappa shape index (κ3) is 6.41. The number of likely N-dealkylation sites (tertiary alicyclic amines) is 2. The van der Waals surface area contributed by atoms with E-state index < -0.39 is 0 Å². The number of rotatable bonds is 6. The van der Waals surface area contributed by atoms with Crippen molar-refractivity contribution in [2.45, 2.75) is 45.7 Å². The second kappa shape index (κ2) is 10.9. The first kappa shape index (κ1) is 23.4.